The van der Waals surface area contributed by atoms with Gasteiger partial charge in [0.15, 0.2) is 18.2 Å². The number of halogens is 2. The lowest BCUT2D eigenvalue weighted by atomic mass is 9.98. The molecule has 2 N–H and O–H groups in total. The molecule has 0 aliphatic rings. The number of aliphatic carboxylic acids is 1. The Morgan fingerprint density at radius 2 is 1.89 bits per heavy atom. The van der Waals surface area contributed by atoms with E-state index in [1.807, 2.05) is 0 Å². The lowest BCUT2D eigenvalue weighted by Gasteiger charge is -2.15. The third-order valence-electron chi connectivity index (χ3n) is 3.81. The molecule has 27 heavy (non-hydrogen) atoms. The van der Waals surface area contributed by atoms with E-state index in [4.69, 9.17) is 9.47 Å². The minimum atomic E-state index is -1.08. The molecule has 0 bridgehead atoms. The van der Waals surface area contributed by atoms with Crippen molar-refractivity contribution in [3.05, 3.63) is 59.7 Å². The van der Waals surface area contributed by atoms with E-state index in [-0.39, 0.29) is 18.7 Å². The van der Waals surface area contributed by atoms with Crippen molar-refractivity contribution in [2.45, 2.75) is 6.42 Å². The van der Waals surface area contributed by atoms with Crippen molar-refractivity contribution in [3.8, 4) is 11.5 Å². The highest BCUT2D eigenvalue weighted by molar-refractivity contribution is 5.78. The fourth-order valence-corrected chi connectivity index (χ4v) is 2.41. The summed E-state index contributed by atoms with van der Waals surface area (Å²) >= 11 is 0. The van der Waals surface area contributed by atoms with Gasteiger partial charge in [0.05, 0.1) is 13.0 Å². The van der Waals surface area contributed by atoms with Crippen LogP contribution in [0.3, 0.4) is 0 Å². The first kappa shape index (κ1) is 20.2. The zero-order valence-corrected chi connectivity index (χ0v) is 14.6. The molecule has 2 aromatic rings. The monoisotopic (exact) mass is 379 g/mol. The predicted octanol–water partition coefficient (Wildman–Crippen LogP) is 2.41. The summed E-state index contributed by atoms with van der Waals surface area (Å²) < 4.78 is 36.4. The third kappa shape index (κ3) is 5.95. The zero-order valence-electron chi connectivity index (χ0n) is 14.6. The SMILES string of the molecule is COc1ccccc1CC(CNC(=O)COc1ccc(F)cc1F)C(=O)O. The standard InChI is InChI=1S/C19H19F2NO5/c1-26-16-5-3-2-4-12(16)8-13(19(24)25)10-22-18(23)11-27-17-7-6-14(20)9-15(17)21/h2-7,9,13H,8,10-11H2,1H3,(H,22,23)(H,24,25). The fraction of sp³-hybridized carbons (Fsp3) is 0.263. The smallest absolute Gasteiger partial charge is 0.308 e. The highest BCUT2D eigenvalue weighted by Gasteiger charge is 2.21. The number of hydrogen-bond donors (Lipinski definition) is 2. The quantitative estimate of drug-likeness (QED) is 0.699. The predicted molar refractivity (Wildman–Crippen MR) is 92.7 cm³/mol. The molecule has 0 spiro atoms. The molecule has 0 aliphatic heterocycles. The van der Waals surface area contributed by atoms with Crippen LogP contribution in [0.15, 0.2) is 42.5 Å². The number of ether oxygens (including phenoxy) is 2. The van der Waals surface area contributed by atoms with Gasteiger partial charge < -0.3 is 19.9 Å². The first-order valence-corrected chi connectivity index (χ1v) is 8.10. The molecule has 1 atom stereocenters. The van der Waals surface area contributed by atoms with Crippen LogP contribution in [0.1, 0.15) is 5.56 Å². The number of amides is 1. The molecule has 0 fully saturated rings. The van der Waals surface area contributed by atoms with E-state index in [1.165, 1.54) is 7.11 Å². The first-order chi connectivity index (χ1) is 12.9. The topological polar surface area (TPSA) is 84.9 Å². The summed E-state index contributed by atoms with van der Waals surface area (Å²) in [5.41, 5.74) is 0.700. The van der Waals surface area contributed by atoms with E-state index >= 15 is 0 Å². The first-order valence-electron chi connectivity index (χ1n) is 8.10. The average molecular weight is 379 g/mol. The molecule has 2 aromatic carbocycles. The van der Waals surface area contributed by atoms with Crippen LogP contribution in [0.2, 0.25) is 0 Å². The Kier molecular flexibility index (Phi) is 7.10. The van der Waals surface area contributed by atoms with Crippen LogP contribution in [-0.4, -0.2) is 37.2 Å². The van der Waals surface area contributed by atoms with Gasteiger partial charge in [-0.2, -0.15) is 0 Å². The Balaban J connectivity index is 1.89. The Morgan fingerprint density at radius 1 is 1.15 bits per heavy atom. The summed E-state index contributed by atoms with van der Waals surface area (Å²) in [6, 6.07) is 9.71. The molecule has 1 amide bonds. The molecular weight excluding hydrogens is 360 g/mol. The van der Waals surface area contributed by atoms with E-state index in [1.54, 1.807) is 24.3 Å². The van der Waals surface area contributed by atoms with Crippen molar-refractivity contribution in [1.29, 1.82) is 0 Å². The number of hydrogen-bond acceptors (Lipinski definition) is 4. The van der Waals surface area contributed by atoms with Gasteiger partial charge in [-0.1, -0.05) is 18.2 Å². The summed E-state index contributed by atoms with van der Waals surface area (Å²) in [4.78, 5) is 23.3. The molecule has 2 rings (SSSR count). The maximum Gasteiger partial charge on any atom is 0.308 e. The van der Waals surface area contributed by atoms with Crippen LogP contribution < -0.4 is 14.8 Å². The summed E-state index contributed by atoms with van der Waals surface area (Å²) in [5.74, 6) is -3.97. The molecule has 0 heterocycles. The van der Waals surface area contributed by atoms with Crippen LogP contribution in [0.4, 0.5) is 8.78 Å². The van der Waals surface area contributed by atoms with Crippen LogP contribution in [0, 0.1) is 17.6 Å². The number of carboxylic acid groups (broad SMARTS) is 1. The molecule has 6 nitrogen and oxygen atoms in total. The number of rotatable bonds is 9. The van der Waals surface area contributed by atoms with Crippen molar-refractivity contribution in [2.24, 2.45) is 5.92 Å². The molecule has 144 valence electrons. The van der Waals surface area contributed by atoms with Crippen molar-refractivity contribution >= 4 is 11.9 Å². The van der Waals surface area contributed by atoms with Crippen LogP contribution >= 0.6 is 0 Å². The fourth-order valence-electron chi connectivity index (χ4n) is 2.41. The molecular formula is C19H19F2NO5. The van der Waals surface area contributed by atoms with Crippen molar-refractivity contribution in [1.82, 2.24) is 5.32 Å². The van der Waals surface area contributed by atoms with Gasteiger partial charge in [0.25, 0.3) is 5.91 Å². The second-order valence-electron chi connectivity index (χ2n) is 5.72. The van der Waals surface area contributed by atoms with Gasteiger partial charge in [0.1, 0.15) is 11.6 Å². The van der Waals surface area contributed by atoms with Crippen molar-refractivity contribution in [2.75, 3.05) is 20.3 Å². The van der Waals surface area contributed by atoms with E-state index in [2.05, 4.69) is 5.32 Å². The Labute approximate surface area is 154 Å². The second kappa shape index (κ2) is 9.51. The number of carbonyl (C=O) groups is 2. The normalized spacial score (nSPS) is 11.5. The molecule has 0 radical (unpaired) electrons. The molecule has 8 heteroatoms. The highest BCUT2D eigenvalue weighted by Crippen LogP contribution is 2.21. The van der Waals surface area contributed by atoms with E-state index in [0.717, 1.165) is 12.1 Å². The Morgan fingerprint density at radius 3 is 2.56 bits per heavy atom. The number of benzene rings is 2. The van der Waals surface area contributed by atoms with Gasteiger partial charge in [0.2, 0.25) is 0 Å². The van der Waals surface area contributed by atoms with Crippen LogP contribution in [0.25, 0.3) is 0 Å². The number of methoxy groups -OCH3 is 1. The Hall–Kier alpha value is -3.16. The molecule has 1 unspecified atom stereocenters. The van der Waals surface area contributed by atoms with Gasteiger partial charge in [-0.3, -0.25) is 9.59 Å². The van der Waals surface area contributed by atoms with E-state index in [0.29, 0.717) is 17.4 Å². The van der Waals surface area contributed by atoms with Crippen molar-refractivity contribution in [3.63, 3.8) is 0 Å². The molecule has 0 aliphatic carbocycles. The maximum absolute atomic E-state index is 13.4. The largest absolute Gasteiger partial charge is 0.496 e. The lowest BCUT2D eigenvalue weighted by molar-refractivity contribution is -0.141. The van der Waals surface area contributed by atoms with Crippen LogP contribution in [-0.2, 0) is 16.0 Å². The maximum atomic E-state index is 13.4. The molecule has 0 saturated heterocycles. The lowest BCUT2D eigenvalue weighted by Crippen LogP contribution is -2.36. The van der Waals surface area contributed by atoms with Gasteiger partial charge >= 0.3 is 5.97 Å². The second-order valence-corrected chi connectivity index (χ2v) is 5.72. The summed E-state index contributed by atoms with van der Waals surface area (Å²) in [6.45, 7) is -0.662. The van der Waals surface area contributed by atoms with E-state index < -0.39 is 36.0 Å². The number of carbonyl (C=O) groups excluding carboxylic acids is 1. The molecule has 0 aromatic heterocycles. The highest BCUT2D eigenvalue weighted by atomic mass is 19.1. The molecule has 0 saturated carbocycles. The van der Waals surface area contributed by atoms with Crippen molar-refractivity contribution < 1.29 is 33.0 Å². The van der Waals surface area contributed by atoms with Crippen LogP contribution in [0.5, 0.6) is 11.5 Å². The number of carboxylic acids is 1. The van der Waals surface area contributed by atoms with Gasteiger partial charge in [0, 0.05) is 12.6 Å². The summed E-state index contributed by atoms with van der Waals surface area (Å²) in [5, 5.41) is 11.8. The minimum Gasteiger partial charge on any atom is -0.496 e. The average Bonchev–Trinajstić information content (AvgIpc) is 2.64. The number of para-hydroxylation sites is 1. The zero-order chi connectivity index (χ0) is 19.8. The number of nitrogens with one attached hydrogen (secondary N) is 1. The van der Waals surface area contributed by atoms with Gasteiger partial charge in [-0.05, 0) is 30.2 Å². The third-order valence-corrected chi connectivity index (χ3v) is 3.81. The minimum absolute atomic E-state index is 0.137. The Bertz CT molecular complexity index is 812. The summed E-state index contributed by atoms with van der Waals surface area (Å²) in [7, 11) is 1.49. The summed E-state index contributed by atoms with van der Waals surface area (Å²) in [6.07, 6.45) is 0.160. The van der Waals surface area contributed by atoms with Gasteiger partial charge in [-0.15, -0.1) is 0 Å². The van der Waals surface area contributed by atoms with Gasteiger partial charge in [-0.25, -0.2) is 8.78 Å². The van der Waals surface area contributed by atoms with E-state index in [9.17, 15) is 23.5 Å².